The highest BCUT2D eigenvalue weighted by molar-refractivity contribution is 6.32. The first kappa shape index (κ1) is 10.1. The fourth-order valence-corrected chi connectivity index (χ4v) is 1.81. The topological polar surface area (TPSA) is 30.0 Å². The van der Waals surface area contributed by atoms with Crippen LogP contribution in [-0.4, -0.2) is 11.3 Å². The maximum Gasteiger partial charge on any atom is 0.168 e. The Hall–Kier alpha value is -1.41. The maximum absolute atomic E-state index is 10.7. The number of hydrogen-bond acceptors (Lipinski definition) is 2. The van der Waals surface area contributed by atoms with E-state index in [1.807, 2.05) is 26.0 Å². The van der Waals surface area contributed by atoms with E-state index in [4.69, 9.17) is 11.6 Å². The molecule has 2 aromatic rings. The number of aldehydes is 1. The van der Waals surface area contributed by atoms with E-state index < -0.39 is 0 Å². The van der Waals surface area contributed by atoms with E-state index >= 15 is 0 Å². The highest BCUT2D eigenvalue weighted by atomic mass is 35.5. The Balaban J connectivity index is 2.92. The Bertz CT molecular complexity index is 549. The molecule has 0 unspecified atom stereocenters. The first-order chi connectivity index (χ1) is 7.13. The van der Waals surface area contributed by atoms with E-state index in [0.29, 0.717) is 10.7 Å². The number of rotatable bonds is 1. The molecule has 3 heteroatoms. The van der Waals surface area contributed by atoms with Gasteiger partial charge in [0, 0.05) is 10.4 Å². The molecular formula is C12H10ClNO. The zero-order valence-electron chi connectivity index (χ0n) is 8.54. The number of halogens is 1. The third kappa shape index (κ3) is 1.61. The molecule has 2 rings (SSSR count). The summed E-state index contributed by atoms with van der Waals surface area (Å²) < 4.78 is 0. The summed E-state index contributed by atoms with van der Waals surface area (Å²) in [5.74, 6) is 0. The van der Waals surface area contributed by atoms with E-state index in [2.05, 4.69) is 4.98 Å². The van der Waals surface area contributed by atoms with Crippen LogP contribution in [0.4, 0.5) is 0 Å². The van der Waals surface area contributed by atoms with Gasteiger partial charge in [0.15, 0.2) is 6.29 Å². The zero-order valence-corrected chi connectivity index (χ0v) is 9.30. The molecule has 0 aliphatic heterocycles. The van der Waals surface area contributed by atoms with Crippen LogP contribution in [0.25, 0.3) is 10.9 Å². The molecule has 0 saturated heterocycles. The van der Waals surface area contributed by atoms with Gasteiger partial charge in [-0.05, 0) is 37.1 Å². The summed E-state index contributed by atoms with van der Waals surface area (Å²) in [7, 11) is 0. The molecule has 0 amide bonds. The van der Waals surface area contributed by atoms with Gasteiger partial charge >= 0.3 is 0 Å². The first-order valence-corrected chi connectivity index (χ1v) is 5.03. The third-order valence-electron chi connectivity index (χ3n) is 2.52. The van der Waals surface area contributed by atoms with Gasteiger partial charge in [-0.25, -0.2) is 4.98 Å². The third-order valence-corrected chi connectivity index (χ3v) is 2.93. The van der Waals surface area contributed by atoms with Crippen LogP contribution in [0.5, 0.6) is 0 Å². The van der Waals surface area contributed by atoms with Gasteiger partial charge < -0.3 is 0 Å². The molecule has 0 aliphatic carbocycles. The Labute approximate surface area is 92.9 Å². The SMILES string of the molecule is Cc1cc(C=O)nc2c(C)c(Cl)ccc12. The van der Waals surface area contributed by atoms with Crippen molar-refractivity contribution in [2.45, 2.75) is 13.8 Å². The number of aryl methyl sites for hydroxylation is 2. The van der Waals surface area contributed by atoms with Gasteiger partial charge in [-0.1, -0.05) is 17.7 Å². The van der Waals surface area contributed by atoms with Gasteiger partial charge in [0.05, 0.1) is 5.52 Å². The fourth-order valence-electron chi connectivity index (χ4n) is 1.66. The second-order valence-corrected chi connectivity index (χ2v) is 3.96. The number of aromatic nitrogens is 1. The molecule has 1 aromatic heterocycles. The number of hydrogen-bond donors (Lipinski definition) is 0. The Morgan fingerprint density at radius 1 is 1.33 bits per heavy atom. The van der Waals surface area contributed by atoms with Crippen LogP contribution in [0.2, 0.25) is 5.02 Å². The van der Waals surface area contributed by atoms with Gasteiger partial charge in [0.25, 0.3) is 0 Å². The van der Waals surface area contributed by atoms with E-state index in [9.17, 15) is 4.79 Å². The lowest BCUT2D eigenvalue weighted by Crippen LogP contribution is -1.93. The summed E-state index contributed by atoms with van der Waals surface area (Å²) in [4.78, 5) is 15.0. The number of carbonyl (C=O) groups is 1. The molecule has 0 saturated carbocycles. The first-order valence-electron chi connectivity index (χ1n) is 4.65. The predicted octanol–water partition coefficient (Wildman–Crippen LogP) is 3.32. The highest BCUT2D eigenvalue weighted by Gasteiger charge is 2.06. The average Bonchev–Trinajstić information content (AvgIpc) is 2.23. The second-order valence-electron chi connectivity index (χ2n) is 3.55. The largest absolute Gasteiger partial charge is 0.296 e. The number of nitrogens with zero attached hydrogens (tertiary/aromatic N) is 1. The molecule has 0 radical (unpaired) electrons. The lowest BCUT2D eigenvalue weighted by Gasteiger charge is -2.06. The molecule has 1 heterocycles. The molecule has 0 atom stereocenters. The summed E-state index contributed by atoms with van der Waals surface area (Å²) >= 11 is 6.01. The molecule has 1 aromatic carbocycles. The number of fused-ring (bicyclic) bond motifs is 1. The molecule has 0 spiro atoms. The lowest BCUT2D eigenvalue weighted by molar-refractivity contribution is 0.111. The zero-order chi connectivity index (χ0) is 11.0. The van der Waals surface area contributed by atoms with E-state index in [-0.39, 0.29) is 0 Å². The van der Waals surface area contributed by atoms with Gasteiger partial charge in [0.2, 0.25) is 0 Å². The molecule has 0 fully saturated rings. The summed E-state index contributed by atoms with van der Waals surface area (Å²) in [5, 5.41) is 1.72. The highest BCUT2D eigenvalue weighted by Crippen LogP contribution is 2.26. The molecule has 0 N–H and O–H groups in total. The smallest absolute Gasteiger partial charge is 0.168 e. The van der Waals surface area contributed by atoms with Crippen molar-refractivity contribution >= 4 is 28.8 Å². The van der Waals surface area contributed by atoms with Crippen LogP contribution in [0, 0.1) is 13.8 Å². The van der Waals surface area contributed by atoms with Crippen molar-refractivity contribution in [3.63, 3.8) is 0 Å². The molecule has 76 valence electrons. The van der Waals surface area contributed by atoms with E-state index in [1.54, 1.807) is 6.07 Å². The fraction of sp³-hybridized carbons (Fsp3) is 0.167. The number of pyridine rings is 1. The van der Waals surface area contributed by atoms with Crippen LogP contribution in [0.3, 0.4) is 0 Å². The second kappa shape index (κ2) is 3.63. The Morgan fingerprint density at radius 2 is 2.07 bits per heavy atom. The van der Waals surface area contributed by atoms with Crippen molar-refractivity contribution in [1.82, 2.24) is 4.98 Å². The summed E-state index contributed by atoms with van der Waals surface area (Å²) in [6.07, 6.45) is 0.757. The minimum Gasteiger partial charge on any atom is -0.296 e. The van der Waals surface area contributed by atoms with Crippen LogP contribution >= 0.6 is 11.6 Å². The molecule has 0 bridgehead atoms. The van der Waals surface area contributed by atoms with Crippen LogP contribution in [0.1, 0.15) is 21.6 Å². The predicted molar refractivity (Wildman–Crippen MR) is 61.6 cm³/mol. The standard InChI is InChI=1S/C12H10ClNO/c1-7-5-9(6-15)14-12-8(2)11(13)4-3-10(7)12/h3-6H,1-2H3. The van der Waals surface area contributed by atoms with Gasteiger partial charge in [0.1, 0.15) is 5.69 Å². The Kier molecular flexibility index (Phi) is 2.45. The van der Waals surface area contributed by atoms with Crippen LogP contribution < -0.4 is 0 Å². The Morgan fingerprint density at radius 3 is 2.73 bits per heavy atom. The van der Waals surface area contributed by atoms with Crippen LogP contribution in [-0.2, 0) is 0 Å². The minimum absolute atomic E-state index is 0.449. The van der Waals surface area contributed by atoms with Crippen molar-refractivity contribution in [2.75, 3.05) is 0 Å². The summed E-state index contributed by atoms with van der Waals surface area (Å²) in [6, 6.07) is 5.57. The maximum atomic E-state index is 10.7. The van der Waals surface area contributed by atoms with Gasteiger partial charge in [-0.2, -0.15) is 0 Å². The van der Waals surface area contributed by atoms with Crippen molar-refractivity contribution < 1.29 is 4.79 Å². The van der Waals surface area contributed by atoms with Crippen molar-refractivity contribution in [1.29, 1.82) is 0 Å². The van der Waals surface area contributed by atoms with Crippen molar-refractivity contribution in [2.24, 2.45) is 0 Å². The molecule has 15 heavy (non-hydrogen) atoms. The van der Waals surface area contributed by atoms with Gasteiger partial charge in [-0.15, -0.1) is 0 Å². The number of carbonyl (C=O) groups excluding carboxylic acids is 1. The molecule has 2 nitrogen and oxygen atoms in total. The van der Waals surface area contributed by atoms with Crippen molar-refractivity contribution in [3.8, 4) is 0 Å². The minimum atomic E-state index is 0.449. The van der Waals surface area contributed by atoms with Crippen molar-refractivity contribution in [3.05, 3.63) is 40.0 Å². The molecule has 0 aliphatic rings. The molecular weight excluding hydrogens is 210 g/mol. The van der Waals surface area contributed by atoms with E-state index in [1.165, 1.54) is 0 Å². The van der Waals surface area contributed by atoms with E-state index in [0.717, 1.165) is 28.3 Å². The summed E-state index contributed by atoms with van der Waals surface area (Å²) in [6.45, 7) is 3.87. The lowest BCUT2D eigenvalue weighted by atomic mass is 10.1. The average molecular weight is 220 g/mol. The monoisotopic (exact) mass is 219 g/mol. The number of benzene rings is 1. The quantitative estimate of drug-likeness (QED) is 0.689. The van der Waals surface area contributed by atoms with Gasteiger partial charge in [-0.3, -0.25) is 4.79 Å². The summed E-state index contributed by atoms with van der Waals surface area (Å²) in [5.41, 5.74) is 3.22. The normalized spacial score (nSPS) is 10.6. The van der Waals surface area contributed by atoms with Crippen LogP contribution in [0.15, 0.2) is 18.2 Å².